The zero-order valence-corrected chi connectivity index (χ0v) is 29.2. The van der Waals surface area contributed by atoms with Crippen LogP contribution in [0.15, 0.2) is 34.4 Å². The maximum Gasteiger partial charge on any atom is 0.481 e. The molecular weight excluding hydrogens is 752 g/mol. The predicted molar refractivity (Wildman–Crippen MR) is 175 cm³/mol. The molecule has 0 radical (unpaired) electrons. The van der Waals surface area contributed by atoms with Gasteiger partial charge in [-0.15, -0.1) is 0 Å². The van der Waals surface area contributed by atoms with Crippen molar-refractivity contribution in [1.82, 2.24) is 34.5 Å². The lowest BCUT2D eigenvalue weighted by Gasteiger charge is -2.24. The number of imidazole rings is 1. The Balaban J connectivity index is 1.08. The van der Waals surface area contributed by atoms with Gasteiger partial charge in [-0.3, -0.25) is 28.2 Å². The highest BCUT2D eigenvalue weighted by molar-refractivity contribution is 7.61. The highest BCUT2D eigenvalue weighted by Gasteiger charge is 2.46. The van der Waals surface area contributed by atoms with Gasteiger partial charge in [-0.1, -0.05) is 0 Å². The molecule has 8 atom stereocenters. The van der Waals surface area contributed by atoms with Gasteiger partial charge in [-0.25, -0.2) is 38.4 Å². The van der Waals surface area contributed by atoms with Crippen molar-refractivity contribution >= 4 is 60.6 Å². The zero-order chi connectivity index (χ0) is 38.6. The van der Waals surface area contributed by atoms with Crippen LogP contribution in [0.3, 0.4) is 0 Å². The quantitative estimate of drug-likeness (QED) is 0.0332. The number of carbonyl (C=O) groups excluding carboxylic acids is 1. The van der Waals surface area contributed by atoms with Crippen molar-refractivity contribution in [2.75, 3.05) is 18.9 Å². The fourth-order valence-electron chi connectivity index (χ4n) is 5.47. The number of aromatic amines is 2. The number of aromatic nitrogens is 8. The molecule has 0 aliphatic carbocycles. The molecule has 1 aliphatic rings. The number of hydrogen-bond donors (Lipinski definition) is 9. The van der Waals surface area contributed by atoms with Crippen LogP contribution in [0, 0.1) is 13.8 Å². The largest absolute Gasteiger partial charge is 0.481 e. The molecule has 0 saturated carbocycles. The molecule has 5 aromatic rings. The Morgan fingerprint density at radius 3 is 2.43 bits per heavy atom. The highest BCUT2D eigenvalue weighted by Crippen LogP contribution is 2.60. The summed E-state index contributed by atoms with van der Waals surface area (Å²) >= 11 is 0. The lowest BCUT2D eigenvalue weighted by atomic mass is 10.1. The number of Topliss-reactive ketones (excluding diaryl/α,β-unsaturated/α-hetero) is 1. The number of phosphoric acid groups is 2. The van der Waals surface area contributed by atoms with Crippen molar-refractivity contribution in [3.8, 4) is 0 Å². The minimum absolute atomic E-state index is 0.000794. The van der Waals surface area contributed by atoms with Gasteiger partial charge in [0.15, 0.2) is 23.2 Å². The SMILES string of the molecule is Cc1cc2nc3c(=O)[nH]c(=O)[nH]c3[n+](C[C@H](O)[C@H](O)[C@H](O)COP(=O)(O)OP(=O)(O)OC[C@H]3O[C@@H](n4cnc5c(N)ncnc54)C(=O)[C@@H]3O)c2cc1C. The number of ketones is 1. The molecular formula is C27H32N9O15P2+. The summed E-state index contributed by atoms with van der Waals surface area (Å²) in [4.78, 5) is 78.0. The third-order valence-corrected chi connectivity index (χ3v) is 10.9. The highest BCUT2D eigenvalue weighted by atomic mass is 31.3. The van der Waals surface area contributed by atoms with Gasteiger partial charge in [-0.2, -0.15) is 9.29 Å². The molecule has 53 heavy (non-hydrogen) atoms. The average molecular weight is 785 g/mol. The van der Waals surface area contributed by atoms with E-state index >= 15 is 0 Å². The average Bonchev–Trinajstić information content (AvgIpc) is 3.63. The van der Waals surface area contributed by atoms with Crippen LogP contribution in [0.5, 0.6) is 0 Å². The number of fused-ring (bicyclic) bond motifs is 3. The Labute approximate surface area is 294 Å². The van der Waals surface area contributed by atoms with E-state index in [1.54, 1.807) is 26.0 Å². The molecule has 0 amide bonds. The number of nitrogens with two attached hydrogens (primary N) is 1. The molecule has 6 rings (SSSR count). The number of nitrogen functional groups attached to an aromatic ring is 1. The number of carbonyl (C=O) groups is 1. The summed E-state index contributed by atoms with van der Waals surface area (Å²) in [6.45, 7) is 0.770. The minimum atomic E-state index is -5.55. The Kier molecular flexibility index (Phi) is 10.4. The second-order valence-electron chi connectivity index (χ2n) is 11.9. The van der Waals surface area contributed by atoms with Gasteiger partial charge in [0.05, 0.1) is 19.5 Å². The monoisotopic (exact) mass is 784 g/mol. The Morgan fingerprint density at radius 1 is 1.00 bits per heavy atom. The van der Waals surface area contributed by atoms with Gasteiger partial charge >= 0.3 is 27.0 Å². The second kappa shape index (κ2) is 14.4. The molecule has 0 spiro atoms. The first-order valence-corrected chi connectivity index (χ1v) is 18.3. The number of aliphatic hydroxyl groups is 4. The van der Waals surface area contributed by atoms with Crippen LogP contribution < -0.4 is 21.5 Å². The van der Waals surface area contributed by atoms with E-state index in [2.05, 4.69) is 43.3 Å². The van der Waals surface area contributed by atoms with Crippen LogP contribution in [0.25, 0.3) is 33.4 Å². The van der Waals surface area contributed by atoms with Gasteiger partial charge in [-0.05, 0) is 37.1 Å². The molecule has 1 saturated heterocycles. The summed E-state index contributed by atoms with van der Waals surface area (Å²) in [7, 11) is -11.1. The number of phosphoric ester groups is 2. The molecule has 1 fully saturated rings. The molecule has 0 bridgehead atoms. The van der Waals surface area contributed by atoms with E-state index in [0.717, 1.165) is 28.3 Å². The van der Waals surface area contributed by atoms with Crippen molar-refractivity contribution in [2.45, 2.75) is 57.1 Å². The summed E-state index contributed by atoms with van der Waals surface area (Å²) < 4.78 is 46.3. The fourth-order valence-corrected chi connectivity index (χ4v) is 7.56. The Morgan fingerprint density at radius 2 is 1.70 bits per heavy atom. The number of nitrogens with zero attached hydrogens (tertiary/aromatic N) is 6. The lowest BCUT2D eigenvalue weighted by molar-refractivity contribution is -0.657. The number of hydrogen-bond acceptors (Lipinski definition) is 18. The topological polar surface area (TPSA) is 362 Å². The van der Waals surface area contributed by atoms with Crippen molar-refractivity contribution in [3.63, 3.8) is 0 Å². The first-order valence-electron chi connectivity index (χ1n) is 15.3. The fraction of sp³-hybridized carbons (Fsp3) is 0.407. The van der Waals surface area contributed by atoms with E-state index in [1.165, 1.54) is 4.57 Å². The summed E-state index contributed by atoms with van der Waals surface area (Å²) in [6, 6.07) is 3.32. The number of benzene rings is 1. The third kappa shape index (κ3) is 7.80. The summed E-state index contributed by atoms with van der Waals surface area (Å²) in [5.41, 5.74) is 6.13. The summed E-state index contributed by atoms with van der Waals surface area (Å²) in [6.07, 6.45) is -8.86. The number of nitrogens with one attached hydrogen (secondary N) is 2. The smallest absolute Gasteiger partial charge is 0.388 e. The van der Waals surface area contributed by atoms with Crippen molar-refractivity contribution < 1.29 is 66.8 Å². The van der Waals surface area contributed by atoms with E-state index in [4.69, 9.17) is 10.5 Å². The van der Waals surface area contributed by atoms with Crippen LogP contribution in [-0.4, -0.2) is 114 Å². The lowest BCUT2D eigenvalue weighted by Crippen LogP contribution is -2.51. The molecule has 26 heteroatoms. The standard InChI is InChI=1S/C27H31N9O15P2/c1-10-3-12-13(4-11(10)2)35(24-18(32-12)25(42)34-27(43)33-24)5-14(37)19(39)15(38)6-48-52(44,45)51-53(46,47)49-7-16-20(40)21(41)26(50-16)36-9-31-17-22(28)29-8-30-23(17)36/h3-4,8-9,14-16,19-20,26,37-40H,5-7H2,1-2H3,(H5,28,29,30,34,42,43,44,45,46,47)/p+1/t14-,15+,16+,19-,20+,26+/m0/s1. The predicted octanol–water partition coefficient (Wildman–Crippen LogP) is -2.75. The molecule has 24 nitrogen and oxygen atoms in total. The molecule has 1 aromatic carbocycles. The van der Waals surface area contributed by atoms with E-state index < -0.39 is 89.2 Å². The maximum atomic E-state index is 12.7. The van der Waals surface area contributed by atoms with Gasteiger partial charge in [0.2, 0.25) is 11.3 Å². The molecule has 5 heterocycles. The van der Waals surface area contributed by atoms with E-state index in [0.29, 0.717) is 11.0 Å². The van der Waals surface area contributed by atoms with Crippen LogP contribution in [0.4, 0.5) is 5.82 Å². The van der Waals surface area contributed by atoms with Gasteiger partial charge in [0.25, 0.3) is 5.56 Å². The number of aryl methyl sites for hydroxylation is 2. The first kappa shape index (κ1) is 38.3. The number of aliphatic hydroxyl groups excluding tert-OH is 4. The van der Waals surface area contributed by atoms with Crippen molar-refractivity contribution in [1.29, 1.82) is 0 Å². The van der Waals surface area contributed by atoms with Gasteiger partial charge in [0.1, 0.15) is 54.4 Å². The van der Waals surface area contributed by atoms with Crippen molar-refractivity contribution in [2.24, 2.45) is 0 Å². The Bertz CT molecular complexity index is 2460. The van der Waals surface area contributed by atoms with Crippen LogP contribution in [0.2, 0.25) is 0 Å². The molecule has 284 valence electrons. The molecule has 10 N–H and O–H groups in total. The van der Waals surface area contributed by atoms with Crippen LogP contribution in [-0.2, 0) is 38.6 Å². The van der Waals surface area contributed by atoms with Gasteiger partial charge < -0.3 is 40.7 Å². The summed E-state index contributed by atoms with van der Waals surface area (Å²) in [5.74, 6) is -0.911. The van der Waals surface area contributed by atoms with E-state index in [1.807, 2.05) is 0 Å². The van der Waals surface area contributed by atoms with E-state index in [-0.39, 0.29) is 28.1 Å². The summed E-state index contributed by atoms with van der Waals surface area (Å²) in [5, 5.41) is 42.4. The third-order valence-electron chi connectivity index (χ3n) is 8.29. The zero-order valence-electron chi connectivity index (χ0n) is 27.4. The number of anilines is 1. The number of ether oxygens (including phenoxy) is 1. The molecule has 4 aromatic heterocycles. The second-order valence-corrected chi connectivity index (χ2v) is 15.0. The van der Waals surface area contributed by atoms with Crippen LogP contribution in [0.1, 0.15) is 17.4 Å². The molecule has 2 unspecified atom stereocenters. The van der Waals surface area contributed by atoms with Gasteiger partial charge in [0, 0.05) is 0 Å². The first-order chi connectivity index (χ1) is 24.9. The normalized spacial score (nSPS) is 21.9. The Hall–Kier alpha value is -4.42. The van der Waals surface area contributed by atoms with Crippen LogP contribution >= 0.6 is 15.6 Å². The van der Waals surface area contributed by atoms with E-state index in [9.17, 15) is 53.7 Å². The molecule has 1 aliphatic heterocycles. The number of H-pyrrole nitrogens is 2. The maximum absolute atomic E-state index is 12.7. The number of rotatable bonds is 13. The minimum Gasteiger partial charge on any atom is -0.388 e. The van der Waals surface area contributed by atoms with Crippen molar-refractivity contribution in [3.05, 3.63) is 56.8 Å².